The summed E-state index contributed by atoms with van der Waals surface area (Å²) in [7, 11) is 0. The Morgan fingerprint density at radius 1 is 0.879 bits per heavy atom. The molecule has 8 rings (SSSR count). The molecule has 0 radical (unpaired) electrons. The van der Waals surface area contributed by atoms with Crippen molar-refractivity contribution >= 4 is 46.8 Å². The highest BCUT2D eigenvalue weighted by molar-refractivity contribution is 6.32. The Morgan fingerprint density at radius 3 is 2.29 bits per heavy atom. The highest BCUT2D eigenvalue weighted by Gasteiger charge is 2.45. The Kier molecular flexibility index (Phi) is 10.6. The van der Waals surface area contributed by atoms with Gasteiger partial charge in [0, 0.05) is 66.9 Å². The van der Waals surface area contributed by atoms with Gasteiger partial charge in [-0.15, -0.1) is 0 Å². The van der Waals surface area contributed by atoms with E-state index in [9.17, 15) is 29.2 Å². The Balaban J connectivity index is 0.810. The van der Waals surface area contributed by atoms with Crippen LogP contribution in [0, 0.1) is 48.9 Å². The van der Waals surface area contributed by atoms with Gasteiger partial charge in [0.25, 0.3) is 11.8 Å². The fourth-order valence-electron chi connectivity index (χ4n) is 8.45. The molecule has 1 saturated carbocycles. The van der Waals surface area contributed by atoms with E-state index in [0.717, 1.165) is 69.9 Å². The van der Waals surface area contributed by atoms with E-state index >= 15 is 0 Å². The largest absolute Gasteiger partial charge is 0.368 e. The summed E-state index contributed by atoms with van der Waals surface area (Å²) in [5.41, 5.74) is 7.64. The van der Waals surface area contributed by atoms with E-state index in [4.69, 9.17) is 16.7 Å². The van der Waals surface area contributed by atoms with Gasteiger partial charge in [-0.2, -0.15) is 10.4 Å². The number of carbonyl (C=O) groups excluding carboxylic acids is 5. The van der Waals surface area contributed by atoms with Gasteiger partial charge in [-0.3, -0.25) is 38.9 Å². The number of carbonyl (C=O) groups is 5. The first-order valence-corrected chi connectivity index (χ1v) is 20.1. The van der Waals surface area contributed by atoms with Crippen LogP contribution < -0.4 is 10.2 Å². The van der Waals surface area contributed by atoms with Crippen LogP contribution in [0.25, 0.3) is 11.3 Å². The van der Waals surface area contributed by atoms with Gasteiger partial charge in [0.15, 0.2) is 0 Å². The number of hydrogen-bond donors (Lipinski definition) is 1. The maximum Gasteiger partial charge on any atom is 0.262 e. The van der Waals surface area contributed by atoms with Gasteiger partial charge in [0.2, 0.25) is 17.7 Å². The van der Waals surface area contributed by atoms with Gasteiger partial charge in [0.1, 0.15) is 12.1 Å². The van der Waals surface area contributed by atoms with Crippen molar-refractivity contribution in [3.8, 4) is 29.2 Å². The van der Waals surface area contributed by atoms with E-state index < -0.39 is 29.7 Å². The van der Waals surface area contributed by atoms with Crippen molar-refractivity contribution in [1.82, 2.24) is 24.9 Å². The first kappa shape index (κ1) is 38.6. The second-order valence-corrected chi connectivity index (χ2v) is 15.9. The fourth-order valence-corrected chi connectivity index (χ4v) is 8.68. The molecule has 1 aromatic heterocycles. The first-order valence-electron chi connectivity index (χ1n) is 19.7. The highest BCUT2D eigenvalue weighted by Crippen LogP contribution is 2.33. The van der Waals surface area contributed by atoms with Gasteiger partial charge in [-0.05, 0) is 99.5 Å². The van der Waals surface area contributed by atoms with Crippen molar-refractivity contribution in [1.29, 1.82) is 5.26 Å². The second kappa shape index (κ2) is 16.0. The van der Waals surface area contributed by atoms with Crippen LogP contribution >= 0.6 is 11.6 Å². The summed E-state index contributed by atoms with van der Waals surface area (Å²) in [6.07, 6.45) is 3.55. The molecule has 13 heteroatoms. The Bertz CT molecular complexity index is 2460. The molecule has 58 heavy (non-hydrogen) atoms. The number of amides is 5. The van der Waals surface area contributed by atoms with Gasteiger partial charge in [0.05, 0.1) is 34.0 Å². The molecule has 1 unspecified atom stereocenters. The van der Waals surface area contributed by atoms with Crippen LogP contribution in [0.3, 0.4) is 0 Å². The number of benzene rings is 3. The van der Waals surface area contributed by atoms with Crippen molar-refractivity contribution in [2.75, 3.05) is 31.1 Å². The number of halogens is 1. The summed E-state index contributed by atoms with van der Waals surface area (Å²) < 4.78 is 1.99. The summed E-state index contributed by atoms with van der Waals surface area (Å²) >= 11 is 6.30. The minimum absolute atomic E-state index is 0.0189. The van der Waals surface area contributed by atoms with Crippen molar-refractivity contribution in [3.05, 3.63) is 105 Å². The van der Waals surface area contributed by atoms with Crippen LogP contribution in [0.1, 0.15) is 87.2 Å². The topological polar surface area (TPSA) is 149 Å². The highest BCUT2D eigenvalue weighted by atomic mass is 35.5. The molecule has 4 heterocycles. The molecular formula is C45H42ClN7O5. The summed E-state index contributed by atoms with van der Waals surface area (Å²) in [6, 6.07) is 19.9. The predicted molar refractivity (Wildman–Crippen MR) is 217 cm³/mol. The van der Waals surface area contributed by atoms with Gasteiger partial charge in [-0.1, -0.05) is 41.6 Å². The van der Waals surface area contributed by atoms with E-state index in [2.05, 4.69) is 47.2 Å². The Labute approximate surface area is 341 Å². The van der Waals surface area contributed by atoms with Crippen LogP contribution in [0.4, 0.5) is 5.69 Å². The molecule has 12 nitrogen and oxygen atoms in total. The third kappa shape index (κ3) is 7.48. The zero-order valence-corrected chi connectivity index (χ0v) is 33.1. The summed E-state index contributed by atoms with van der Waals surface area (Å²) in [6.45, 7) is 7.03. The zero-order valence-electron chi connectivity index (χ0n) is 32.4. The van der Waals surface area contributed by atoms with Crippen LogP contribution in [0.5, 0.6) is 0 Å². The maximum atomic E-state index is 13.6. The lowest BCUT2D eigenvalue weighted by atomic mass is 9.81. The fraction of sp³-hybridized carbons (Fsp3) is 0.356. The molecule has 0 spiro atoms. The predicted octanol–water partition coefficient (Wildman–Crippen LogP) is 5.65. The third-order valence-electron chi connectivity index (χ3n) is 12.0. The molecule has 1 aliphatic carbocycles. The smallest absolute Gasteiger partial charge is 0.262 e. The number of piperidine rings is 1. The number of anilines is 1. The van der Waals surface area contributed by atoms with Crippen LogP contribution in [0.15, 0.2) is 60.7 Å². The lowest BCUT2D eigenvalue weighted by molar-refractivity contribution is -0.137. The summed E-state index contributed by atoms with van der Waals surface area (Å²) in [4.78, 5) is 69.1. The minimum Gasteiger partial charge on any atom is -0.368 e. The molecule has 4 aromatic rings. The second-order valence-electron chi connectivity index (χ2n) is 15.5. The minimum atomic E-state index is -1.00. The van der Waals surface area contributed by atoms with Crippen LogP contribution in [-0.4, -0.2) is 81.3 Å². The number of imide groups is 2. The standard InChI is InChI=1S/C45H42ClN7O5/c1-27-28(2)52(49-41(27)33-13-14-34(25-47)38(46)23-33)26-31-7-5-29(6-8-31)3-4-30-9-11-32(12-10-30)43(56)51-21-19-50(20-22-51)35-15-16-36-37(24-35)45(58)53(44(36)57)39-17-18-40(54)48-42(39)55/h5-8,13-16,23-24,30,32,39H,9-12,17-22,26H2,1-2H3,(H,48,54,55). The van der Waals surface area contributed by atoms with Crippen molar-refractivity contribution in [3.63, 3.8) is 0 Å². The van der Waals surface area contributed by atoms with E-state index in [1.807, 2.05) is 40.8 Å². The molecule has 1 N–H and O–H groups in total. The lowest BCUT2D eigenvalue weighted by Gasteiger charge is -2.38. The van der Waals surface area contributed by atoms with Gasteiger partial charge in [-0.25, -0.2) is 0 Å². The summed E-state index contributed by atoms with van der Waals surface area (Å²) in [5.74, 6) is 5.13. The molecule has 0 bridgehead atoms. The van der Waals surface area contributed by atoms with Gasteiger partial charge >= 0.3 is 0 Å². The molecule has 1 atom stereocenters. The van der Waals surface area contributed by atoms with E-state index in [-0.39, 0.29) is 41.7 Å². The molecule has 294 valence electrons. The number of aromatic nitrogens is 2. The van der Waals surface area contributed by atoms with Crippen LogP contribution in [0.2, 0.25) is 5.02 Å². The lowest BCUT2D eigenvalue weighted by Crippen LogP contribution is -2.54. The number of nitrogens with one attached hydrogen (secondary N) is 1. The zero-order chi connectivity index (χ0) is 40.7. The molecule has 3 fully saturated rings. The SMILES string of the molecule is Cc1c(-c2ccc(C#N)c(Cl)c2)nn(Cc2ccc(C#CC3CCC(C(=O)N4CCN(c5ccc6c(c5)C(=O)N(C5CCC(=O)NC5=O)C6=O)CC4)CC3)cc2)c1C. The quantitative estimate of drug-likeness (QED) is 0.195. The Hall–Kier alpha value is -6.24. The number of fused-ring (bicyclic) bond motifs is 1. The monoisotopic (exact) mass is 795 g/mol. The number of nitriles is 1. The average molecular weight is 796 g/mol. The average Bonchev–Trinajstić information content (AvgIpc) is 3.66. The number of piperazine rings is 1. The van der Waals surface area contributed by atoms with E-state index in [1.165, 1.54) is 0 Å². The number of rotatable bonds is 6. The molecule has 2 saturated heterocycles. The normalized spacial score (nSPS) is 20.7. The Morgan fingerprint density at radius 2 is 1.60 bits per heavy atom. The molecular weight excluding hydrogens is 754 g/mol. The molecule has 4 aliphatic rings. The van der Waals surface area contributed by atoms with E-state index in [1.54, 1.807) is 24.3 Å². The van der Waals surface area contributed by atoms with Crippen LogP contribution in [-0.2, 0) is 20.9 Å². The van der Waals surface area contributed by atoms with Crippen molar-refractivity contribution in [2.24, 2.45) is 11.8 Å². The third-order valence-corrected chi connectivity index (χ3v) is 12.3. The summed E-state index contributed by atoms with van der Waals surface area (Å²) in [5, 5.41) is 16.7. The van der Waals surface area contributed by atoms with E-state index in [0.29, 0.717) is 43.3 Å². The van der Waals surface area contributed by atoms with Gasteiger partial charge < -0.3 is 9.80 Å². The first-order chi connectivity index (χ1) is 28.0. The molecule has 3 aromatic carbocycles. The number of hydrogen-bond acceptors (Lipinski definition) is 8. The molecule has 5 amide bonds. The maximum absolute atomic E-state index is 13.6. The molecule has 3 aliphatic heterocycles. The van der Waals surface area contributed by atoms with Crippen molar-refractivity contribution in [2.45, 2.75) is 65.0 Å². The van der Waals surface area contributed by atoms with Crippen molar-refractivity contribution < 1.29 is 24.0 Å². The number of nitrogens with zero attached hydrogens (tertiary/aromatic N) is 6.